The van der Waals surface area contributed by atoms with Gasteiger partial charge in [-0.05, 0) is 18.8 Å². The van der Waals surface area contributed by atoms with E-state index in [0.717, 1.165) is 19.6 Å². The molecule has 3 aliphatic heterocycles. The number of halogens is 1. The van der Waals surface area contributed by atoms with Gasteiger partial charge in [0.05, 0.1) is 5.92 Å². The zero-order valence-electron chi connectivity index (χ0n) is 12.9. The first-order chi connectivity index (χ1) is 9.52. The van der Waals surface area contributed by atoms with Crippen LogP contribution in [0.1, 0.15) is 33.1 Å². The number of likely N-dealkylation sites (tertiary alicyclic amines) is 2. The molecule has 0 aromatic carbocycles. The van der Waals surface area contributed by atoms with Crippen LogP contribution in [-0.2, 0) is 9.59 Å². The first kappa shape index (κ1) is 16.6. The average Bonchev–Trinajstić information content (AvgIpc) is 2.91. The number of fused-ring (bicyclic) bond motifs is 2. The third-order valence-electron chi connectivity index (χ3n) is 4.68. The zero-order chi connectivity index (χ0) is 14.3. The summed E-state index contributed by atoms with van der Waals surface area (Å²) < 4.78 is 0. The second-order valence-electron chi connectivity index (χ2n) is 6.97. The normalized spacial score (nSPS) is 31.8. The lowest BCUT2D eigenvalue weighted by atomic mass is 10.1. The molecule has 0 aromatic rings. The maximum atomic E-state index is 12.6. The number of nitrogens with zero attached hydrogens (tertiary/aromatic N) is 2. The van der Waals surface area contributed by atoms with E-state index in [2.05, 4.69) is 19.2 Å². The summed E-state index contributed by atoms with van der Waals surface area (Å²) in [4.78, 5) is 28.5. The molecule has 0 spiro atoms. The highest BCUT2D eigenvalue weighted by Crippen LogP contribution is 2.25. The quantitative estimate of drug-likeness (QED) is 0.841. The van der Waals surface area contributed by atoms with Gasteiger partial charge in [0.2, 0.25) is 11.8 Å². The first-order valence-electron chi connectivity index (χ1n) is 7.85. The van der Waals surface area contributed by atoms with Crippen LogP contribution < -0.4 is 5.32 Å². The maximum Gasteiger partial charge on any atom is 0.228 e. The number of carbonyl (C=O) groups excluding carboxylic acids is 2. The smallest absolute Gasteiger partial charge is 0.228 e. The molecule has 120 valence electrons. The Morgan fingerprint density at radius 2 is 1.86 bits per heavy atom. The summed E-state index contributed by atoms with van der Waals surface area (Å²) in [5.41, 5.74) is 0. The molecule has 3 rings (SSSR count). The van der Waals surface area contributed by atoms with Gasteiger partial charge >= 0.3 is 0 Å². The highest BCUT2D eigenvalue weighted by Gasteiger charge is 2.40. The van der Waals surface area contributed by atoms with Crippen molar-refractivity contribution >= 4 is 24.2 Å². The number of nitrogens with one attached hydrogen (secondary N) is 1. The highest BCUT2D eigenvalue weighted by atomic mass is 35.5. The standard InChI is InChI=1S/C15H25N3O2.ClH/c1-10(2)6-17-7-11(5-14(17)19)15(20)18-8-12-3-4-13(9-18)16-12;/h10-13,16H,3-9H2,1-2H3;1H/t11?,12-,13+;. The van der Waals surface area contributed by atoms with E-state index in [9.17, 15) is 9.59 Å². The van der Waals surface area contributed by atoms with Gasteiger partial charge in [0.15, 0.2) is 0 Å². The molecule has 0 aromatic heterocycles. The molecule has 3 saturated heterocycles. The van der Waals surface area contributed by atoms with Crippen LogP contribution in [0.15, 0.2) is 0 Å². The van der Waals surface area contributed by atoms with Gasteiger partial charge in [-0.15, -0.1) is 12.4 Å². The number of hydrogen-bond donors (Lipinski definition) is 1. The van der Waals surface area contributed by atoms with Crippen molar-refractivity contribution in [3.8, 4) is 0 Å². The van der Waals surface area contributed by atoms with Gasteiger partial charge in [-0.1, -0.05) is 13.8 Å². The van der Waals surface area contributed by atoms with Crippen molar-refractivity contribution in [1.29, 1.82) is 0 Å². The number of hydrogen-bond acceptors (Lipinski definition) is 3. The van der Waals surface area contributed by atoms with E-state index in [1.54, 1.807) is 0 Å². The predicted molar refractivity (Wildman–Crippen MR) is 83.3 cm³/mol. The van der Waals surface area contributed by atoms with Gasteiger partial charge in [-0.25, -0.2) is 0 Å². The molecule has 3 atom stereocenters. The van der Waals surface area contributed by atoms with Crippen molar-refractivity contribution < 1.29 is 9.59 Å². The topological polar surface area (TPSA) is 52.7 Å². The molecule has 3 fully saturated rings. The number of rotatable bonds is 3. The van der Waals surface area contributed by atoms with E-state index in [1.807, 2.05) is 9.80 Å². The summed E-state index contributed by atoms with van der Waals surface area (Å²) in [6.07, 6.45) is 2.76. The van der Waals surface area contributed by atoms with Crippen LogP contribution in [0, 0.1) is 11.8 Å². The highest BCUT2D eigenvalue weighted by molar-refractivity contribution is 5.89. The predicted octanol–water partition coefficient (Wildman–Crippen LogP) is 0.876. The Kier molecular flexibility index (Phi) is 5.15. The third kappa shape index (κ3) is 3.51. The van der Waals surface area contributed by atoms with Crippen LogP contribution in [0.4, 0.5) is 0 Å². The molecule has 2 amide bonds. The molecule has 6 heteroatoms. The van der Waals surface area contributed by atoms with Gasteiger partial charge in [0, 0.05) is 44.7 Å². The summed E-state index contributed by atoms with van der Waals surface area (Å²) >= 11 is 0. The minimum absolute atomic E-state index is 0. The van der Waals surface area contributed by atoms with Crippen molar-refractivity contribution in [2.45, 2.75) is 45.2 Å². The fourth-order valence-corrected chi connectivity index (χ4v) is 3.79. The SMILES string of the molecule is CC(C)CN1CC(C(=O)N2C[C@H]3CC[C@@H](C2)N3)CC1=O.Cl. The second kappa shape index (κ2) is 6.53. The van der Waals surface area contributed by atoms with Gasteiger partial charge in [-0.2, -0.15) is 0 Å². The van der Waals surface area contributed by atoms with E-state index in [1.165, 1.54) is 12.8 Å². The minimum Gasteiger partial charge on any atom is -0.342 e. The Hall–Kier alpha value is -0.810. The fourth-order valence-electron chi connectivity index (χ4n) is 3.79. The molecule has 5 nitrogen and oxygen atoms in total. The van der Waals surface area contributed by atoms with E-state index in [0.29, 0.717) is 31.0 Å². The molecule has 0 radical (unpaired) electrons. The van der Waals surface area contributed by atoms with Gasteiger partial charge < -0.3 is 15.1 Å². The van der Waals surface area contributed by atoms with Crippen molar-refractivity contribution in [1.82, 2.24) is 15.1 Å². The molecular formula is C15H26ClN3O2. The lowest BCUT2D eigenvalue weighted by Gasteiger charge is -2.34. The first-order valence-corrected chi connectivity index (χ1v) is 7.85. The monoisotopic (exact) mass is 315 g/mol. The van der Waals surface area contributed by atoms with Crippen molar-refractivity contribution in [2.24, 2.45) is 11.8 Å². The lowest BCUT2D eigenvalue weighted by Crippen LogP contribution is -2.54. The fraction of sp³-hybridized carbons (Fsp3) is 0.867. The van der Waals surface area contributed by atoms with Crippen LogP contribution in [0.2, 0.25) is 0 Å². The summed E-state index contributed by atoms with van der Waals surface area (Å²) in [5.74, 6) is 0.694. The lowest BCUT2D eigenvalue weighted by molar-refractivity contribution is -0.137. The Balaban J connectivity index is 0.00000161. The Bertz CT molecular complexity index is 404. The number of amides is 2. The zero-order valence-corrected chi connectivity index (χ0v) is 13.7. The molecular weight excluding hydrogens is 290 g/mol. The van der Waals surface area contributed by atoms with Gasteiger partial charge in [0.25, 0.3) is 0 Å². The van der Waals surface area contributed by atoms with Crippen LogP contribution in [0.25, 0.3) is 0 Å². The van der Waals surface area contributed by atoms with Crippen LogP contribution >= 0.6 is 12.4 Å². The van der Waals surface area contributed by atoms with Crippen molar-refractivity contribution in [3.63, 3.8) is 0 Å². The average molecular weight is 316 g/mol. The third-order valence-corrected chi connectivity index (χ3v) is 4.68. The summed E-state index contributed by atoms with van der Waals surface area (Å²) in [6.45, 7) is 7.26. The van der Waals surface area contributed by atoms with E-state index >= 15 is 0 Å². The van der Waals surface area contributed by atoms with Crippen LogP contribution in [-0.4, -0.2) is 59.9 Å². The molecule has 3 heterocycles. The van der Waals surface area contributed by atoms with Crippen molar-refractivity contribution in [2.75, 3.05) is 26.2 Å². The van der Waals surface area contributed by atoms with E-state index in [4.69, 9.17) is 0 Å². The summed E-state index contributed by atoms with van der Waals surface area (Å²) in [5, 5.41) is 3.54. The van der Waals surface area contributed by atoms with E-state index in [-0.39, 0.29) is 30.1 Å². The minimum atomic E-state index is -0.112. The maximum absolute atomic E-state index is 12.6. The summed E-state index contributed by atoms with van der Waals surface area (Å²) in [7, 11) is 0. The molecule has 0 saturated carbocycles. The second-order valence-corrected chi connectivity index (χ2v) is 6.97. The van der Waals surface area contributed by atoms with Crippen LogP contribution in [0.3, 0.4) is 0 Å². The molecule has 2 bridgehead atoms. The number of piperazine rings is 1. The molecule has 1 unspecified atom stereocenters. The van der Waals surface area contributed by atoms with Crippen molar-refractivity contribution in [3.05, 3.63) is 0 Å². The largest absolute Gasteiger partial charge is 0.342 e. The molecule has 3 aliphatic rings. The molecule has 1 N–H and O–H groups in total. The Morgan fingerprint density at radius 1 is 1.24 bits per heavy atom. The van der Waals surface area contributed by atoms with Gasteiger partial charge in [0.1, 0.15) is 0 Å². The molecule has 21 heavy (non-hydrogen) atoms. The summed E-state index contributed by atoms with van der Waals surface area (Å²) in [6, 6.07) is 0.947. The van der Waals surface area contributed by atoms with Crippen LogP contribution in [0.5, 0.6) is 0 Å². The Morgan fingerprint density at radius 3 is 2.43 bits per heavy atom. The Labute approximate surface area is 132 Å². The van der Waals surface area contributed by atoms with Gasteiger partial charge in [-0.3, -0.25) is 9.59 Å². The molecule has 0 aliphatic carbocycles. The number of carbonyl (C=O) groups is 2. The van der Waals surface area contributed by atoms with E-state index < -0.39 is 0 Å².